The molecule has 2 fully saturated rings. The van der Waals surface area contributed by atoms with Crippen molar-refractivity contribution < 1.29 is 47.1 Å². The second-order valence-corrected chi connectivity index (χ2v) is 12.7. The summed E-state index contributed by atoms with van der Waals surface area (Å²) in [5.41, 5.74) is 0.327. The first-order chi connectivity index (χ1) is 22.0. The fourth-order valence-corrected chi connectivity index (χ4v) is 7.36. The average Bonchev–Trinajstić information content (AvgIpc) is 3.78. The van der Waals surface area contributed by atoms with Crippen molar-refractivity contribution in [2.75, 3.05) is 40.4 Å². The van der Waals surface area contributed by atoms with Crippen molar-refractivity contribution in [3.05, 3.63) is 59.7 Å². The van der Waals surface area contributed by atoms with Gasteiger partial charge in [-0.15, -0.1) is 0 Å². The lowest BCUT2D eigenvalue weighted by Crippen LogP contribution is -2.46. The molecule has 0 saturated carbocycles. The van der Waals surface area contributed by atoms with Crippen LogP contribution in [0.4, 0.5) is 9.59 Å². The predicted molar refractivity (Wildman–Crippen MR) is 166 cm³/mol. The Morgan fingerprint density at radius 2 is 1.26 bits per heavy atom. The minimum Gasteiger partial charge on any atom is -0.449 e. The van der Waals surface area contributed by atoms with Gasteiger partial charge in [-0.05, 0) is 94.6 Å². The van der Waals surface area contributed by atoms with Gasteiger partial charge in [-0.1, -0.05) is 0 Å². The molecule has 14 nitrogen and oxygen atoms in total. The third-order valence-electron chi connectivity index (χ3n) is 7.59. The van der Waals surface area contributed by atoms with E-state index in [4.69, 9.17) is 18.5 Å². The molecule has 4 rings (SSSR count). The lowest BCUT2D eigenvalue weighted by Gasteiger charge is -2.32. The minimum absolute atomic E-state index is 0.111. The van der Waals surface area contributed by atoms with E-state index in [1.807, 2.05) is 0 Å². The molecule has 2 aromatic rings. The van der Waals surface area contributed by atoms with E-state index >= 15 is 0 Å². The summed E-state index contributed by atoms with van der Waals surface area (Å²) in [4.78, 5) is 66.1. The van der Waals surface area contributed by atoms with E-state index in [9.17, 15) is 28.5 Å². The zero-order valence-electron chi connectivity index (χ0n) is 26.3. The molecule has 248 valence electrons. The Balaban J connectivity index is 1.59. The molecule has 2 aliphatic heterocycles. The molecule has 0 radical (unpaired) electrons. The summed E-state index contributed by atoms with van der Waals surface area (Å²) in [6.45, 7) is 4.57. The number of carbonyl (C=O) groups excluding carboxylic acids is 5. The topological polar surface area (TPSA) is 161 Å². The quantitative estimate of drug-likeness (QED) is 0.358. The Bertz CT molecular complexity index is 1390. The van der Waals surface area contributed by atoms with Crippen LogP contribution in [-0.2, 0) is 18.8 Å². The van der Waals surface area contributed by atoms with E-state index in [1.165, 1.54) is 62.6 Å². The van der Waals surface area contributed by atoms with Crippen molar-refractivity contribution in [2.24, 2.45) is 0 Å². The van der Waals surface area contributed by atoms with Gasteiger partial charge in [-0.2, -0.15) is 0 Å². The molecule has 2 atom stereocenters. The van der Waals surface area contributed by atoms with Crippen molar-refractivity contribution in [1.29, 1.82) is 0 Å². The first kappa shape index (κ1) is 34.5. The van der Waals surface area contributed by atoms with E-state index in [0.717, 1.165) is 16.2 Å². The molecule has 1 N–H and O–H groups in total. The number of nitrogens with zero attached hydrogens (tertiary/aromatic N) is 3. The van der Waals surface area contributed by atoms with Gasteiger partial charge in [0.25, 0.3) is 11.8 Å². The van der Waals surface area contributed by atoms with E-state index in [0.29, 0.717) is 32.4 Å². The fraction of sp³-hybridized carbons (Fsp3) is 0.452. The van der Waals surface area contributed by atoms with E-state index in [-0.39, 0.29) is 41.7 Å². The molecule has 2 heterocycles. The van der Waals surface area contributed by atoms with E-state index in [2.05, 4.69) is 5.32 Å². The molecule has 0 aliphatic carbocycles. The van der Waals surface area contributed by atoms with Crippen molar-refractivity contribution in [1.82, 2.24) is 20.0 Å². The number of rotatable bonds is 10. The third-order valence-corrected chi connectivity index (χ3v) is 9.79. The van der Waals surface area contributed by atoms with Crippen LogP contribution in [0.25, 0.3) is 0 Å². The third kappa shape index (κ3) is 7.86. The zero-order valence-corrected chi connectivity index (χ0v) is 27.2. The second kappa shape index (κ2) is 15.2. The van der Waals surface area contributed by atoms with Gasteiger partial charge in [-0.25, -0.2) is 24.0 Å². The van der Waals surface area contributed by atoms with Gasteiger partial charge < -0.3 is 28.7 Å². The smallest absolute Gasteiger partial charge is 0.449 e. The number of ether oxygens (including phenoxy) is 2. The van der Waals surface area contributed by atoms with Crippen LogP contribution >= 0.6 is 7.60 Å². The van der Waals surface area contributed by atoms with Crippen LogP contribution in [0.1, 0.15) is 60.2 Å². The van der Waals surface area contributed by atoms with E-state index < -0.39 is 43.4 Å². The molecule has 2 saturated heterocycles. The maximum Gasteiger partial charge on any atom is 0.453 e. The summed E-state index contributed by atoms with van der Waals surface area (Å²) in [5.74, 6) is -2.08. The van der Waals surface area contributed by atoms with Crippen LogP contribution in [0.5, 0.6) is 11.5 Å². The van der Waals surface area contributed by atoms with Crippen LogP contribution in [0.2, 0.25) is 0 Å². The molecule has 0 bridgehead atoms. The molecular weight excluding hydrogens is 619 g/mol. The van der Waals surface area contributed by atoms with Crippen LogP contribution in [0.3, 0.4) is 0 Å². The molecule has 15 heteroatoms. The molecule has 0 aromatic heterocycles. The molecule has 0 unspecified atom stereocenters. The number of carbonyl (C=O) groups is 5. The number of amides is 5. The largest absolute Gasteiger partial charge is 0.453 e. The molecule has 46 heavy (non-hydrogen) atoms. The Hall–Kier alpha value is -4.42. The van der Waals surface area contributed by atoms with Gasteiger partial charge in [0, 0.05) is 31.8 Å². The maximum absolute atomic E-state index is 14.7. The van der Waals surface area contributed by atoms with Gasteiger partial charge in [-0.3, -0.25) is 14.4 Å². The fourth-order valence-electron chi connectivity index (χ4n) is 5.18. The second-order valence-electron chi connectivity index (χ2n) is 10.7. The van der Waals surface area contributed by atoms with Gasteiger partial charge in [0.15, 0.2) is 5.78 Å². The lowest BCUT2D eigenvalue weighted by atomic mass is 10.2. The number of likely N-dealkylation sites (tertiary alicyclic amines) is 1. The standard InChI is InChI=1S/C31H39N4O10P/c1-5-42-30(39)33(3)27(36)21-11-15-23(16-12-21)44-46(41,26-10-8-20-35(26)29(38)25-9-7-19-32-25)45-24-17-13-22(14-18-24)28(37)34(4)31(40)43-6-2/h11-18,25-26,32H,5-10,19-20H2,1-4H3/t25-,26+/m0/s1. The zero-order chi connectivity index (χ0) is 33.4. The Labute approximate surface area is 267 Å². The van der Waals surface area contributed by atoms with Gasteiger partial charge in [0.1, 0.15) is 11.5 Å². The number of hydrogen-bond acceptors (Lipinski definition) is 11. The van der Waals surface area contributed by atoms with Crippen molar-refractivity contribution in [2.45, 2.75) is 51.4 Å². The van der Waals surface area contributed by atoms with Crippen LogP contribution in [-0.4, -0.2) is 96.8 Å². The molecule has 5 amide bonds. The monoisotopic (exact) mass is 658 g/mol. The summed E-state index contributed by atoms with van der Waals surface area (Å²) in [6, 6.07) is 11.0. The maximum atomic E-state index is 14.7. The Morgan fingerprint density at radius 3 is 1.67 bits per heavy atom. The van der Waals surface area contributed by atoms with Gasteiger partial charge in [0.05, 0.1) is 19.3 Å². The van der Waals surface area contributed by atoms with E-state index in [1.54, 1.807) is 18.7 Å². The summed E-state index contributed by atoms with van der Waals surface area (Å²) >= 11 is 0. The minimum atomic E-state index is -4.19. The Kier molecular flexibility index (Phi) is 11.4. The first-order valence-corrected chi connectivity index (χ1v) is 16.7. The average molecular weight is 659 g/mol. The van der Waals surface area contributed by atoms with Crippen LogP contribution in [0.15, 0.2) is 48.5 Å². The highest BCUT2D eigenvalue weighted by Gasteiger charge is 2.49. The molecular formula is C31H39N4O10P. The normalized spacial score (nSPS) is 17.6. The number of nitrogens with one attached hydrogen (secondary N) is 1. The number of benzene rings is 2. The summed E-state index contributed by atoms with van der Waals surface area (Å²) in [5, 5.41) is 3.19. The highest BCUT2D eigenvalue weighted by molar-refractivity contribution is 7.55. The van der Waals surface area contributed by atoms with Crippen molar-refractivity contribution in [3.63, 3.8) is 0 Å². The molecule has 2 aromatic carbocycles. The van der Waals surface area contributed by atoms with Crippen molar-refractivity contribution in [3.8, 4) is 11.5 Å². The summed E-state index contributed by atoms with van der Waals surface area (Å²) in [7, 11) is -1.59. The first-order valence-electron chi connectivity index (χ1n) is 15.1. The van der Waals surface area contributed by atoms with Gasteiger partial charge in [0.2, 0.25) is 5.91 Å². The Morgan fingerprint density at radius 1 is 0.783 bits per heavy atom. The predicted octanol–water partition coefficient (Wildman–Crippen LogP) is 4.50. The molecule has 0 spiro atoms. The summed E-state index contributed by atoms with van der Waals surface area (Å²) < 4.78 is 36.6. The van der Waals surface area contributed by atoms with Crippen LogP contribution in [0, 0.1) is 0 Å². The number of hydrogen-bond donors (Lipinski definition) is 1. The lowest BCUT2D eigenvalue weighted by molar-refractivity contribution is -0.132. The SMILES string of the molecule is CCOC(=O)N(C)C(=O)c1ccc(OP(=O)(Oc2ccc(C(=O)N(C)C(=O)OCC)cc2)[C@@H]2CCCN2C(=O)[C@@H]2CCCN2)cc1. The highest BCUT2D eigenvalue weighted by atomic mass is 31.2. The summed E-state index contributed by atoms with van der Waals surface area (Å²) in [6.07, 6.45) is 0.868. The number of imide groups is 2. The van der Waals surface area contributed by atoms with Crippen LogP contribution < -0.4 is 14.4 Å². The molecule has 2 aliphatic rings. The highest BCUT2D eigenvalue weighted by Crippen LogP contribution is 2.57. The van der Waals surface area contributed by atoms with Crippen molar-refractivity contribution >= 4 is 37.5 Å². The van der Waals surface area contributed by atoms with Gasteiger partial charge >= 0.3 is 19.8 Å².